The molecule has 0 aromatic heterocycles. The highest BCUT2D eigenvalue weighted by atomic mass is 16.5. The molecule has 5 nitrogen and oxygen atoms in total. The Bertz CT molecular complexity index is 769. The van der Waals surface area contributed by atoms with Crippen molar-refractivity contribution in [2.75, 3.05) is 19.8 Å². The van der Waals surface area contributed by atoms with Crippen molar-refractivity contribution >= 4 is 11.9 Å². The lowest BCUT2D eigenvalue weighted by atomic mass is 9.99. The molecular formula is C41H74O5. The molecule has 0 fully saturated rings. The van der Waals surface area contributed by atoms with Crippen molar-refractivity contribution in [3.05, 3.63) is 36.0 Å². The standard InChI is InChI=1S/C41H74O5/c1-4-7-10-13-15-17-18-19-20-21-22-23-25-27-30-33-40(43)45-36-39(35-42)37-46-41(44)34-38(31-28-12-9-6-3)32-29-26-24-16-14-11-8-5-2/h15,17,19-20,34,39,42H,4-14,16,18,21-33,35-37H2,1-3H3/b17-15-,20-19-,38-34+. The lowest BCUT2D eigenvalue weighted by molar-refractivity contribution is -0.147. The zero-order valence-electron chi connectivity index (χ0n) is 30.6. The van der Waals surface area contributed by atoms with Crippen LogP contribution in [0.25, 0.3) is 0 Å². The number of hydrogen-bond acceptors (Lipinski definition) is 5. The molecule has 0 aliphatic rings. The van der Waals surface area contributed by atoms with Crippen LogP contribution >= 0.6 is 0 Å². The van der Waals surface area contributed by atoms with Gasteiger partial charge in [0.15, 0.2) is 0 Å². The molecule has 46 heavy (non-hydrogen) atoms. The number of unbranched alkanes of at least 4 members (excludes halogenated alkanes) is 18. The molecule has 1 N–H and O–H groups in total. The summed E-state index contributed by atoms with van der Waals surface area (Å²) in [5.41, 5.74) is 1.18. The third kappa shape index (κ3) is 32.1. The largest absolute Gasteiger partial charge is 0.465 e. The van der Waals surface area contributed by atoms with Gasteiger partial charge in [-0.15, -0.1) is 0 Å². The Hall–Kier alpha value is -1.88. The summed E-state index contributed by atoms with van der Waals surface area (Å²) in [6.07, 6.45) is 40.6. The van der Waals surface area contributed by atoms with E-state index in [0.29, 0.717) is 6.42 Å². The second-order valence-electron chi connectivity index (χ2n) is 13.2. The highest BCUT2D eigenvalue weighted by Crippen LogP contribution is 2.19. The second kappa shape index (κ2) is 36.0. The highest BCUT2D eigenvalue weighted by Gasteiger charge is 2.14. The maximum absolute atomic E-state index is 12.6. The molecule has 0 aliphatic heterocycles. The van der Waals surface area contributed by atoms with Gasteiger partial charge in [0.2, 0.25) is 0 Å². The molecule has 0 bridgehead atoms. The SMILES string of the molecule is CCCCC/C=C\C/C=C\CCCCCCCC(=O)OCC(CO)COC(=O)/C=C(\CCCCCC)CCCCCCCCCC. The van der Waals surface area contributed by atoms with E-state index in [1.807, 2.05) is 0 Å². The molecule has 0 saturated heterocycles. The van der Waals surface area contributed by atoms with Crippen LogP contribution in [0, 0.1) is 5.92 Å². The monoisotopic (exact) mass is 647 g/mol. The van der Waals surface area contributed by atoms with Crippen LogP contribution in [0.4, 0.5) is 0 Å². The van der Waals surface area contributed by atoms with Gasteiger partial charge < -0.3 is 14.6 Å². The van der Waals surface area contributed by atoms with E-state index in [0.717, 1.165) is 57.8 Å². The molecular weight excluding hydrogens is 572 g/mol. The average molecular weight is 647 g/mol. The summed E-state index contributed by atoms with van der Waals surface area (Å²) < 4.78 is 10.9. The molecule has 0 spiro atoms. The Morgan fingerprint density at radius 3 is 1.54 bits per heavy atom. The van der Waals surface area contributed by atoms with Gasteiger partial charge in [-0.1, -0.05) is 147 Å². The summed E-state index contributed by atoms with van der Waals surface area (Å²) in [5, 5.41) is 9.75. The molecule has 0 heterocycles. The highest BCUT2D eigenvalue weighted by molar-refractivity contribution is 5.82. The number of hydrogen-bond donors (Lipinski definition) is 1. The number of allylic oxidation sites excluding steroid dienone is 5. The van der Waals surface area contributed by atoms with Crippen LogP contribution < -0.4 is 0 Å². The zero-order chi connectivity index (χ0) is 33.8. The van der Waals surface area contributed by atoms with Crippen molar-refractivity contribution in [1.82, 2.24) is 0 Å². The van der Waals surface area contributed by atoms with Gasteiger partial charge in [-0.25, -0.2) is 4.79 Å². The molecule has 0 rings (SSSR count). The Labute approximate surface area is 285 Å². The van der Waals surface area contributed by atoms with Crippen molar-refractivity contribution < 1.29 is 24.2 Å². The number of aliphatic hydroxyl groups excluding tert-OH is 1. The van der Waals surface area contributed by atoms with Gasteiger partial charge in [-0.2, -0.15) is 0 Å². The number of esters is 2. The number of rotatable bonds is 34. The van der Waals surface area contributed by atoms with Crippen molar-refractivity contribution in [1.29, 1.82) is 0 Å². The third-order valence-corrected chi connectivity index (χ3v) is 8.56. The van der Waals surface area contributed by atoms with Crippen LogP contribution in [-0.2, 0) is 19.1 Å². The van der Waals surface area contributed by atoms with Crippen LogP contribution in [0.3, 0.4) is 0 Å². The smallest absolute Gasteiger partial charge is 0.330 e. The van der Waals surface area contributed by atoms with E-state index in [2.05, 4.69) is 45.1 Å². The van der Waals surface area contributed by atoms with Crippen LogP contribution in [0.15, 0.2) is 36.0 Å². The summed E-state index contributed by atoms with van der Waals surface area (Å²) in [6, 6.07) is 0. The maximum Gasteiger partial charge on any atom is 0.330 e. The molecule has 268 valence electrons. The van der Waals surface area contributed by atoms with Crippen molar-refractivity contribution in [3.8, 4) is 0 Å². The first-order chi connectivity index (χ1) is 22.6. The number of carbonyl (C=O) groups excluding carboxylic acids is 2. The fourth-order valence-corrected chi connectivity index (χ4v) is 5.46. The molecule has 0 aromatic carbocycles. The van der Waals surface area contributed by atoms with Crippen molar-refractivity contribution in [2.24, 2.45) is 5.92 Å². The molecule has 0 aliphatic carbocycles. The summed E-state index contributed by atoms with van der Waals surface area (Å²) >= 11 is 0. The zero-order valence-corrected chi connectivity index (χ0v) is 30.6. The Kier molecular flexibility index (Phi) is 34.5. The van der Waals surface area contributed by atoms with E-state index in [4.69, 9.17) is 9.47 Å². The van der Waals surface area contributed by atoms with E-state index in [-0.39, 0.29) is 31.8 Å². The van der Waals surface area contributed by atoms with Gasteiger partial charge in [0.25, 0.3) is 0 Å². The first-order valence-corrected chi connectivity index (χ1v) is 19.5. The summed E-state index contributed by atoms with van der Waals surface area (Å²) in [6.45, 7) is 6.65. The summed E-state index contributed by atoms with van der Waals surface area (Å²) in [5.74, 6) is -0.985. The van der Waals surface area contributed by atoms with Crippen LogP contribution in [0.5, 0.6) is 0 Å². The van der Waals surface area contributed by atoms with E-state index in [9.17, 15) is 14.7 Å². The number of ether oxygens (including phenoxy) is 2. The first-order valence-electron chi connectivity index (χ1n) is 19.5. The van der Waals surface area contributed by atoms with E-state index < -0.39 is 5.92 Å². The maximum atomic E-state index is 12.6. The van der Waals surface area contributed by atoms with Gasteiger partial charge in [0.05, 0.1) is 25.7 Å². The van der Waals surface area contributed by atoms with Gasteiger partial charge in [0.1, 0.15) is 0 Å². The molecule has 0 radical (unpaired) electrons. The Morgan fingerprint density at radius 1 is 0.543 bits per heavy atom. The van der Waals surface area contributed by atoms with Crippen LogP contribution in [0.1, 0.15) is 188 Å². The molecule has 0 amide bonds. The molecule has 1 unspecified atom stereocenters. The second-order valence-corrected chi connectivity index (χ2v) is 13.2. The average Bonchev–Trinajstić information content (AvgIpc) is 3.06. The summed E-state index contributed by atoms with van der Waals surface area (Å²) in [4.78, 5) is 24.8. The predicted octanol–water partition coefficient (Wildman–Crippen LogP) is 11.9. The van der Waals surface area contributed by atoms with Crippen LogP contribution in [0.2, 0.25) is 0 Å². The van der Waals surface area contributed by atoms with E-state index >= 15 is 0 Å². The van der Waals surface area contributed by atoms with E-state index in [1.54, 1.807) is 6.08 Å². The first kappa shape index (κ1) is 44.1. The quantitative estimate of drug-likeness (QED) is 0.0326. The topological polar surface area (TPSA) is 72.8 Å². The molecule has 0 saturated carbocycles. The fraction of sp³-hybridized carbons (Fsp3) is 0.805. The third-order valence-electron chi connectivity index (χ3n) is 8.56. The predicted molar refractivity (Wildman–Crippen MR) is 196 cm³/mol. The number of carbonyl (C=O) groups is 2. The van der Waals surface area contributed by atoms with Gasteiger partial charge >= 0.3 is 11.9 Å². The normalized spacial score (nSPS) is 12.7. The molecule has 5 heteroatoms. The molecule has 1 atom stereocenters. The number of aliphatic hydroxyl groups is 1. The summed E-state index contributed by atoms with van der Waals surface area (Å²) in [7, 11) is 0. The minimum Gasteiger partial charge on any atom is -0.465 e. The van der Waals surface area contributed by atoms with Crippen LogP contribution in [-0.4, -0.2) is 36.9 Å². The minimum atomic E-state index is -0.397. The van der Waals surface area contributed by atoms with Gasteiger partial charge in [-0.3, -0.25) is 4.79 Å². The van der Waals surface area contributed by atoms with Gasteiger partial charge in [-0.05, 0) is 64.2 Å². The van der Waals surface area contributed by atoms with E-state index in [1.165, 1.54) is 108 Å². The Balaban J connectivity index is 4.15. The Morgan fingerprint density at radius 2 is 0.978 bits per heavy atom. The van der Waals surface area contributed by atoms with Gasteiger partial charge in [0, 0.05) is 12.5 Å². The van der Waals surface area contributed by atoms with Crippen molar-refractivity contribution in [2.45, 2.75) is 188 Å². The van der Waals surface area contributed by atoms with Crippen molar-refractivity contribution in [3.63, 3.8) is 0 Å². The lowest BCUT2D eigenvalue weighted by Crippen LogP contribution is -2.23. The minimum absolute atomic E-state index is 0.0592. The molecule has 0 aromatic rings. The lowest BCUT2D eigenvalue weighted by Gasteiger charge is -2.15. The fourth-order valence-electron chi connectivity index (χ4n) is 5.46.